The SMILES string of the molecule is Cc1cccc2c1C(=N)N(C1CCC(=O)N(C(C)C)C1=O)C2=O. The molecule has 2 aliphatic heterocycles. The van der Waals surface area contributed by atoms with Gasteiger partial charge in [0.05, 0.1) is 5.56 Å². The minimum Gasteiger partial charge on any atom is -0.284 e. The Morgan fingerprint density at radius 1 is 1.22 bits per heavy atom. The first-order valence-electron chi connectivity index (χ1n) is 7.72. The molecule has 6 heteroatoms. The van der Waals surface area contributed by atoms with Crippen molar-refractivity contribution in [1.29, 1.82) is 5.41 Å². The van der Waals surface area contributed by atoms with Crippen molar-refractivity contribution in [2.24, 2.45) is 0 Å². The molecule has 1 unspecified atom stereocenters. The van der Waals surface area contributed by atoms with Gasteiger partial charge in [0.25, 0.3) is 11.8 Å². The molecule has 1 fully saturated rings. The van der Waals surface area contributed by atoms with Gasteiger partial charge in [-0.05, 0) is 38.8 Å². The van der Waals surface area contributed by atoms with Crippen LogP contribution in [0.25, 0.3) is 0 Å². The molecule has 1 aromatic rings. The van der Waals surface area contributed by atoms with E-state index in [1.54, 1.807) is 26.0 Å². The lowest BCUT2D eigenvalue weighted by atomic mass is 10.0. The largest absolute Gasteiger partial charge is 0.284 e. The average molecular weight is 313 g/mol. The second-order valence-corrected chi connectivity index (χ2v) is 6.27. The van der Waals surface area contributed by atoms with Crippen LogP contribution in [-0.4, -0.2) is 45.4 Å². The zero-order valence-corrected chi connectivity index (χ0v) is 13.4. The van der Waals surface area contributed by atoms with Crippen LogP contribution < -0.4 is 0 Å². The fourth-order valence-corrected chi connectivity index (χ4v) is 3.38. The van der Waals surface area contributed by atoms with E-state index in [0.29, 0.717) is 11.1 Å². The molecule has 1 atom stereocenters. The lowest BCUT2D eigenvalue weighted by Crippen LogP contribution is -2.57. The number of rotatable bonds is 2. The maximum Gasteiger partial charge on any atom is 0.260 e. The van der Waals surface area contributed by atoms with Gasteiger partial charge in [0.15, 0.2) is 0 Å². The average Bonchev–Trinajstić information content (AvgIpc) is 2.73. The summed E-state index contributed by atoms with van der Waals surface area (Å²) in [6, 6.07) is 4.26. The third-order valence-electron chi connectivity index (χ3n) is 4.45. The molecule has 2 aliphatic rings. The van der Waals surface area contributed by atoms with Crippen LogP contribution in [0.3, 0.4) is 0 Å². The van der Waals surface area contributed by atoms with Gasteiger partial charge in [0, 0.05) is 18.0 Å². The standard InChI is InChI=1S/C17H19N3O3/c1-9(2)19-13(21)8-7-12(17(19)23)20-15(18)14-10(3)5-4-6-11(14)16(20)22/h4-6,9,12,18H,7-8H2,1-3H3. The summed E-state index contributed by atoms with van der Waals surface area (Å²) >= 11 is 0. The molecule has 0 bridgehead atoms. The third kappa shape index (κ3) is 2.17. The fourth-order valence-electron chi connectivity index (χ4n) is 3.38. The van der Waals surface area contributed by atoms with Crippen LogP contribution in [0.4, 0.5) is 0 Å². The number of imide groups is 1. The number of nitrogens with one attached hydrogen (secondary N) is 1. The molecule has 6 nitrogen and oxygen atoms in total. The normalized spacial score (nSPS) is 21.5. The minimum absolute atomic E-state index is 0.0551. The van der Waals surface area contributed by atoms with E-state index < -0.39 is 6.04 Å². The summed E-state index contributed by atoms with van der Waals surface area (Å²) < 4.78 is 0. The summed E-state index contributed by atoms with van der Waals surface area (Å²) in [7, 11) is 0. The number of hydrogen-bond acceptors (Lipinski definition) is 4. The van der Waals surface area contributed by atoms with E-state index in [-0.39, 0.29) is 42.4 Å². The zero-order chi connectivity index (χ0) is 16.9. The Morgan fingerprint density at radius 3 is 2.52 bits per heavy atom. The smallest absolute Gasteiger partial charge is 0.260 e. The molecule has 0 radical (unpaired) electrons. The second kappa shape index (κ2) is 5.30. The summed E-state index contributed by atoms with van der Waals surface area (Å²) in [4.78, 5) is 39.9. The van der Waals surface area contributed by atoms with Crippen LogP contribution in [-0.2, 0) is 9.59 Å². The van der Waals surface area contributed by atoms with E-state index in [2.05, 4.69) is 0 Å². The Kier molecular flexibility index (Phi) is 3.55. The van der Waals surface area contributed by atoms with Gasteiger partial charge in [0.2, 0.25) is 5.91 Å². The van der Waals surface area contributed by atoms with Crippen molar-refractivity contribution >= 4 is 23.6 Å². The molecule has 3 amide bonds. The summed E-state index contributed by atoms with van der Waals surface area (Å²) in [6.07, 6.45) is 0.475. The number of carbonyl (C=O) groups excluding carboxylic acids is 3. The van der Waals surface area contributed by atoms with Gasteiger partial charge >= 0.3 is 0 Å². The molecule has 1 aromatic carbocycles. The van der Waals surface area contributed by atoms with Gasteiger partial charge in [-0.15, -0.1) is 0 Å². The number of fused-ring (bicyclic) bond motifs is 1. The highest BCUT2D eigenvalue weighted by Crippen LogP contribution is 2.31. The number of amides is 3. The van der Waals surface area contributed by atoms with Crippen LogP contribution in [0.5, 0.6) is 0 Å². The molecule has 3 rings (SSSR count). The zero-order valence-electron chi connectivity index (χ0n) is 13.4. The van der Waals surface area contributed by atoms with Gasteiger partial charge in [-0.25, -0.2) is 0 Å². The highest BCUT2D eigenvalue weighted by Gasteiger charge is 2.46. The molecular weight excluding hydrogens is 294 g/mol. The van der Waals surface area contributed by atoms with Crippen molar-refractivity contribution in [3.05, 3.63) is 34.9 Å². The van der Waals surface area contributed by atoms with Crippen molar-refractivity contribution < 1.29 is 14.4 Å². The van der Waals surface area contributed by atoms with Crippen molar-refractivity contribution in [3.63, 3.8) is 0 Å². The van der Waals surface area contributed by atoms with Crippen molar-refractivity contribution in [2.45, 2.75) is 45.7 Å². The Hall–Kier alpha value is -2.50. The molecule has 2 heterocycles. The number of amidine groups is 1. The molecule has 1 N–H and O–H groups in total. The van der Waals surface area contributed by atoms with E-state index in [1.165, 1.54) is 9.80 Å². The van der Waals surface area contributed by atoms with Gasteiger partial charge < -0.3 is 0 Å². The number of hydrogen-bond donors (Lipinski definition) is 1. The molecular formula is C17H19N3O3. The number of benzene rings is 1. The van der Waals surface area contributed by atoms with E-state index >= 15 is 0 Å². The first kappa shape index (κ1) is 15.4. The quantitative estimate of drug-likeness (QED) is 0.844. The first-order valence-corrected chi connectivity index (χ1v) is 7.72. The van der Waals surface area contributed by atoms with Crippen LogP contribution in [0.2, 0.25) is 0 Å². The Morgan fingerprint density at radius 2 is 1.91 bits per heavy atom. The predicted octanol–water partition coefficient (Wildman–Crippen LogP) is 1.70. The van der Waals surface area contributed by atoms with Crippen molar-refractivity contribution in [1.82, 2.24) is 9.80 Å². The van der Waals surface area contributed by atoms with Crippen molar-refractivity contribution in [2.75, 3.05) is 0 Å². The minimum atomic E-state index is -0.776. The van der Waals surface area contributed by atoms with Crippen LogP contribution >= 0.6 is 0 Å². The summed E-state index contributed by atoms with van der Waals surface area (Å²) in [5.74, 6) is -0.877. The second-order valence-electron chi connectivity index (χ2n) is 6.27. The molecule has 0 aromatic heterocycles. The number of piperidine rings is 1. The topological polar surface area (TPSA) is 81.5 Å². The number of aryl methyl sites for hydroxylation is 1. The molecule has 1 saturated heterocycles. The maximum absolute atomic E-state index is 12.7. The van der Waals surface area contributed by atoms with Gasteiger partial charge in [-0.1, -0.05) is 12.1 Å². The fraction of sp³-hybridized carbons (Fsp3) is 0.412. The molecule has 0 spiro atoms. The molecule has 23 heavy (non-hydrogen) atoms. The molecule has 0 saturated carbocycles. The Bertz CT molecular complexity index is 739. The summed E-state index contributed by atoms with van der Waals surface area (Å²) in [5.41, 5.74) is 1.87. The van der Waals surface area contributed by atoms with E-state index in [1.807, 2.05) is 13.0 Å². The number of likely N-dealkylation sites (tertiary alicyclic amines) is 1. The van der Waals surface area contributed by atoms with Gasteiger partial charge in [0.1, 0.15) is 11.9 Å². The van der Waals surface area contributed by atoms with Crippen molar-refractivity contribution in [3.8, 4) is 0 Å². The number of carbonyl (C=O) groups is 3. The monoisotopic (exact) mass is 313 g/mol. The predicted molar refractivity (Wildman–Crippen MR) is 84.2 cm³/mol. The van der Waals surface area contributed by atoms with Crippen LogP contribution in [0.1, 0.15) is 48.2 Å². The van der Waals surface area contributed by atoms with Crippen LogP contribution in [0.15, 0.2) is 18.2 Å². The molecule has 0 aliphatic carbocycles. The lowest BCUT2D eigenvalue weighted by Gasteiger charge is -2.37. The van der Waals surface area contributed by atoms with E-state index in [9.17, 15) is 14.4 Å². The van der Waals surface area contributed by atoms with E-state index in [0.717, 1.165) is 5.56 Å². The Balaban J connectivity index is 1.99. The maximum atomic E-state index is 12.7. The summed E-state index contributed by atoms with van der Waals surface area (Å²) in [6.45, 7) is 5.39. The highest BCUT2D eigenvalue weighted by molar-refractivity contribution is 6.24. The highest BCUT2D eigenvalue weighted by atomic mass is 16.2. The van der Waals surface area contributed by atoms with E-state index in [4.69, 9.17) is 5.41 Å². The van der Waals surface area contributed by atoms with Crippen LogP contribution in [0, 0.1) is 12.3 Å². The van der Waals surface area contributed by atoms with Gasteiger partial charge in [-0.3, -0.25) is 29.6 Å². The first-order chi connectivity index (χ1) is 10.8. The molecule has 120 valence electrons. The lowest BCUT2D eigenvalue weighted by molar-refractivity contribution is -0.153. The number of nitrogens with zero attached hydrogens (tertiary/aromatic N) is 2. The Labute approximate surface area is 134 Å². The van der Waals surface area contributed by atoms with Gasteiger partial charge in [-0.2, -0.15) is 0 Å². The summed E-state index contributed by atoms with van der Waals surface area (Å²) in [5, 5.41) is 8.36. The third-order valence-corrected chi connectivity index (χ3v) is 4.45.